The summed E-state index contributed by atoms with van der Waals surface area (Å²) in [6, 6.07) is 16.2. The molecule has 2 N–H and O–H groups in total. The average Bonchev–Trinajstić information content (AvgIpc) is 2.94. The van der Waals surface area contributed by atoms with Gasteiger partial charge in [-0.15, -0.1) is 0 Å². The number of carbonyl (C=O) groups is 1. The van der Waals surface area contributed by atoms with Crippen molar-refractivity contribution in [3.63, 3.8) is 0 Å². The second-order valence-electron chi connectivity index (χ2n) is 6.50. The van der Waals surface area contributed by atoms with E-state index in [1.807, 2.05) is 31.2 Å². The predicted octanol–water partition coefficient (Wildman–Crippen LogP) is 4.15. The van der Waals surface area contributed by atoms with Gasteiger partial charge >= 0.3 is 0 Å². The molecule has 0 aliphatic carbocycles. The molecule has 0 radical (unpaired) electrons. The van der Waals surface area contributed by atoms with Crippen LogP contribution in [-0.2, 0) is 19.4 Å². The molecule has 1 amide bonds. The molecule has 3 rings (SSSR count). The van der Waals surface area contributed by atoms with Crippen molar-refractivity contribution >= 4 is 5.91 Å². The van der Waals surface area contributed by atoms with E-state index in [1.165, 1.54) is 5.56 Å². The fraction of sp³-hybridized carbons (Fsp3) is 0.273. The van der Waals surface area contributed by atoms with E-state index < -0.39 is 0 Å². The third-order valence-corrected chi connectivity index (χ3v) is 4.75. The van der Waals surface area contributed by atoms with E-state index >= 15 is 0 Å². The molecule has 0 aliphatic heterocycles. The zero-order chi connectivity index (χ0) is 18.5. The first-order valence-corrected chi connectivity index (χ1v) is 9.10. The standard InChI is InChI=1S/C22H25N3O/c1-3-9-19-21(18-12-7-8-14-24-18)20(22(23)26)16(2)25(19)15-13-17-10-5-4-6-11-17/h4-8,10-12,14H,3,9,13,15H2,1-2H3,(H2,23,26). The molecule has 0 unspecified atom stereocenters. The number of primary amides is 1. The maximum atomic E-state index is 12.2. The van der Waals surface area contributed by atoms with Crippen LogP contribution in [0.25, 0.3) is 11.3 Å². The molecule has 0 aliphatic rings. The molecular weight excluding hydrogens is 322 g/mol. The van der Waals surface area contributed by atoms with Crippen LogP contribution in [0.15, 0.2) is 54.7 Å². The molecule has 26 heavy (non-hydrogen) atoms. The average molecular weight is 347 g/mol. The smallest absolute Gasteiger partial charge is 0.251 e. The highest BCUT2D eigenvalue weighted by Gasteiger charge is 2.24. The van der Waals surface area contributed by atoms with Crippen molar-refractivity contribution in [1.82, 2.24) is 9.55 Å². The zero-order valence-corrected chi connectivity index (χ0v) is 15.4. The summed E-state index contributed by atoms with van der Waals surface area (Å²) in [4.78, 5) is 16.7. The molecule has 4 heteroatoms. The topological polar surface area (TPSA) is 60.9 Å². The third-order valence-electron chi connectivity index (χ3n) is 4.75. The van der Waals surface area contributed by atoms with Gasteiger partial charge < -0.3 is 10.3 Å². The van der Waals surface area contributed by atoms with Crippen molar-refractivity contribution < 1.29 is 4.79 Å². The van der Waals surface area contributed by atoms with E-state index in [0.717, 1.165) is 48.5 Å². The minimum atomic E-state index is -0.390. The highest BCUT2D eigenvalue weighted by molar-refractivity contribution is 6.01. The van der Waals surface area contributed by atoms with E-state index in [0.29, 0.717) is 5.56 Å². The van der Waals surface area contributed by atoms with E-state index in [-0.39, 0.29) is 5.91 Å². The number of hydrogen-bond donors (Lipinski definition) is 1. The summed E-state index contributed by atoms with van der Waals surface area (Å²) in [5.74, 6) is -0.390. The number of rotatable bonds is 7. The molecular formula is C22H25N3O. The third kappa shape index (κ3) is 3.54. The van der Waals surface area contributed by atoms with Crippen LogP contribution in [0.4, 0.5) is 0 Å². The van der Waals surface area contributed by atoms with E-state index in [4.69, 9.17) is 5.73 Å². The quantitative estimate of drug-likeness (QED) is 0.698. The summed E-state index contributed by atoms with van der Waals surface area (Å²) >= 11 is 0. The van der Waals surface area contributed by atoms with Crippen LogP contribution in [0, 0.1) is 6.92 Å². The maximum absolute atomic E-state index is 12.2. The Bertz CT molecular complexity index is 883. The van der Waals surface area contributed by atoms with Crippen molar-refractivity contribution in [2.75, 3.05) is 0 Å². The van der Waals surface area contributed by atoms with Crippen molar-refractivity contribution in [2.45, 2.75) is 39.7 Å². The van der Waals surface area contributed by atoms with Crippen LogP contribution in [0.5, 0.6) is 0 Å². The lowest BCUT2D eigenvalue weighted by molar-refractivity contribution is 0.1000. The van der Waals surface area contributed by atoms with Gasteiger partial charge in [0.25, 0.3) is 5.91 Å². The van der Waals surface area contributed by atoms with Crippen LogP contribution >= 0.6 is 0 Å². The number of aryl methyl sites for hydroxylation is 1. The first kappa shape index (κ1) is 17.9. The Hall–Kier alpha value is -2.88. The van der Waals surface area contributed by atoms with Crippen LogP contribution in [0.2, 0.25) is 0 Å². The van der Waals surface area contributed by atoms with Gasteiger partial charge in [0.2, 0.25) is 0 Å². The Kier molecular flexibility index (Phi) is 5.52. The monoisotopic (exact) mass is 347 g/mol. The summed E-state index contributed by atoms with van der Waals surface area (Å²) in [6.07, 6.45) is 4.54. The number of pyridine rings is 1. The second kappa shape index (κ2) is 8.00. The molecule has 2 heterocycles. The molecule has 0 saturated heterocycles. The van der Waals surface area contributed by atoms with Crippen molar-refractivity contribution in [3.8, 4) is 11.3 Å². The minimum Gasteiger partial charge on any atom is -0.366 e. The Morgan fingerprint density at radius 3 is 2.42 bits per heavy atom. The van der Waals surface area contributed by atoms with Gasteiger partial charge in [0.1, 0.15) is 0 Å². The van der Waals surface area contributed by atoms with Crippen LogP contribution in [0.1, 0.15) is 40.7 Å². The van der Waals surface area contributed by atoms with Crippen LogP contribution in [-0.4, -0.2) is 15.5 Å². The summed E-state index contributed by atoms with van der Waals surface area (Å²) in [5, 5.41) is 0. The number of nitrogens with zero attached hydrogens (tertiary/aromatic N) is 2. The Balaban J connectivity index is 2.10. The summed E-state index contributed by atoms with van der Waals surface area (Å²) in [7, 11) is 0. The molecule has 0 spiro atoms. The fourth-order valence-corrected chi connectivity index (χ4v) is 3.57. The number of aromatic nitrogens is 2. The molecule has 1 aromatic carbocycles. The van der Waals surface area contributed by atoms with Gasteiger partial charge in [0.05, 0.1) is 11.3 Å². The van der Waals surface area contributed by atoms with E-state index in [2.05, 4.69) is 40.7 Å². The van der Waals surface area contributed by atoms with Gasteiger partial charge in [-0.3, -0.25) is 9.78 Å². The predicted molar refractivity (Wildman–Crippen MR) is 105 cm³/mol. The summed E-state index contributed by atoms with van der Waals surface area (Å²) < 4.78 is 2.25. The normalized spacial score (nSPS) is 10.8. The van der Waals surface area contributed by atoms with Crippen molar-refractivity contribution in [1.29, 1.82) is 0 Å². The summed E-state index contributed by atoms with van der Waals surface area (Å²) in [6.45, 7) is 4.95. The van der Waals surface area contributed by atoms with Gasteiger partial charge in [0, 0.05) is 29.7 Å². The number of amides is 1. The fourth-order valence-electron chi connectivity index (χ4n) is 3.57. The van der Waals surface area contributed by atoms with Crippen molar-refractivity contribution in [3.05, 3.63) is 77.2 Å². The van der Waals surface area contributed by atoms with Gasteiger partial charge in [-0.05, 0) is 37.5 Å². The molecule has 0 atom stereocenters. The number of nitrogens with two attached hydrogens (primary N) is 1. The molecule has 0 fully saturated rings. The molecule has 0 bridgehead atoms. The lowest BCUT2D eigenvalue weighted by atomic mass is 10.0. The lowest BCUT2D eigenvalue weighted by Gasteiger charge is -2.12. The largest absolute Gasteiger partial charge is 0.366 e. The Labute approximate surface area is 154 Å². The number of hydrogen-bond acceptors (Lipinski definition) is 2. The van der Waals surface area contributed by atoms with Gasteiger partial charge in [0.15, 0.2) is 0 Å². The second-order valence-corrected chi connectivity index (χ2v) is 6.50. The first-order chi connectivity index (χ1) is 12.6. The minimum absolute atomic E-state index is 0.390. The van der Waals surface area contributed by atoms with Gasteiger partial charge in [-0.25, -0.2) is 0 Å². The first-order valence-electron chi connectivity index (χ1n) is 9.10. The summed E-state index contributed by atoms with van der Waals surface area (Å²) in [5.41, 5.74) is 11.4. The van der Waals surface area contributed by atoms with Crippen LogP contribution < -0.4 is 5.73 Å². The van der Waals surface area contributed by atoms with E-state index in [1.54, 1.807) is 6.20 Å². The van der Waals surface area contributed by atoms with Crippen molar-refractivity contribution in [2.24, 2.45) is 5.73 Å². The highest BCUT2D eigenvalue weighted by atomic mass is 16.1. The molecule has 134 valence electrons. The maximum Gasteiger partial charge on any atom is 0.251 e. The molecule has 2 aromatic heterocycles. The molecule has 0 saturated carbocycles. The Morgan fingerprint density at radius 2 is 1.81 bits per heavy atom. The van der Waals surface area contributed by atoms with Crippen LogP contribution in [0.3, 0.4) is 0 Å². The lowest BCUT2D eigenvalue weighted by Crippen LogP contribution is -2.14. The SMILES string of the molecule is CCCc1c(-c2ccccn2)c(C(N)=O)c(C)n1CCc1ccccc1. The van der Waals surface area contributed by atoms with Gasteiger partial charge in [-0.2, -0.15) is 0 Å². The number of carbonyl (C=O) groups excluding carboxylic acids is 1. The van der Waals surface area contributed by atoms with E-state index in [9.17, 15) is 4.79 Å². The molecule has 3 aromatic rings. The van der Waals surface area contributed by atoms with Gasteiger partial charge in [-0.1, -0.05) is 49.7 Å². The number of benzene rings is 1. The zero-order valence-electron chi connectivity index (χ0n) is 15.4. The molecule has 4 nitrogen and oxygen atoms in total. The highest BCUT2D eigenvalue weighted by Crippen LogP contribution is 2.32. The Morgan fingerprint density at radius 1 is 1.08 bits per heavy atom.